The summed E-state index contributed by atoms with van der Waals surface area (Å²) in [5, 5.41) is 10.4. The lowest BCUT2D eigenvalue weighted by Gasteiger charge is -2.40. The van der Waals surface area contributed by atoms with Crippen LogP contribution in [0.5, 0.6) is 0 Å². The Balaban J connectivity index is 2.23. The van der Waals surface area contributed by atoms with Crippen molar-refractivity contribution in [2.24, 2.45) is 0 Å². The topological polar surface area (TPSA) is 26.7 Å². The fraction of sp³-hybridized carbons (Fsp3) is 0.571. The molecule has 1 aromatic rings. The average Bonchev–Trinajstić information content (AvgIpc) is 2.34. The SMILES string of the molecule is Cc1ccc(F)c(C(O)C2CN(C)CCN2C)c1. The first-order valence-corrected chi connectivity index (χ1v) is 6.32. The van der Waals surface area contributed by atoms with Crippen molar-refractivity contribution in [1.82, 2.24) is 9.80 Å². The zero-order valence-corrected chi connectivity index (χ0v) is 11.2. The van der Waals surface area contributed by atoms with E-state index in [4.69, 9.17) is 0 Å². The molecule has 4 heteroatoms. The molecule has 1 fully saturated rings. The maximum Gasteiger partial charge on any atom is 0.129 e. The minimum absolute atomic E-state index is 0.0555. The minimum atomic E-state index is -0.780. The van der Waals surface area contributed by atoms with Crippen LogP contribution in [0, 0.1) is 12.7 Å². The predicted octanol–water partition coefficient (Wildman–Crippen LogP) is 1.41. The van der Waals surface area contributed by atoms with Crippen LogP contribution in [0.2, 0.25) is 0 Å². The first kappa shape index (κ1) is 13.5. The van der Waals surface area contributed by atoms with Crippen LogP contribution in [0.4, 0.5) is 4.39 Å². The summed E-state index contributed by atoms with van der Waals surface area (Å²) < 4.78 is 13.8. The monoisotopic (exact) mass is 252 g/mol. The fourth-order valence-corrected chi connectivity index (χ4v) is 2.48. The number of piperazine rings is 1. The summed E-state index contributed by atoms with van der Waals surface area (Å²) >= 11 is 0. The van der Waals surface area contributed by atoms with Gasteiger partial charge in [-0.15, -0.1) is 0 Å². The number of halogens is 1. The number of hydrogen-bond donors (Lipinski definition) is 1. The molecule has 2 atom stereocenters. The Kier molecular flexibility index (Phi) is 4.00. The van der Waals surface area contributed by atoms with Gasteiger partial charge >= 0.3 is 0 Å². The fourth-order valence-electron chi connectivity index (χ4n) is 2.48. The Labute approximate surface area is 108 Å². The number of benzene rings is 1. The van der Waals surface area contributed by atoms with E-state index < -0.39 is 6.10 Å². The van der Waals surface area contributed by atoms with Crippen molar-refractivity contribution in [2.45, 2.75) is 19.1 Å². The summed E-state index contributed by atoms with van der Waals surface area (Å²) in [5.41, 5.74) is 1.37. The number of nitrogens with zero attached hydrogens (tertiary/aromatic N) is 2. The highest BCUT2D eigenvalue weighted by molar-refractivity contribution is 5.27. The van der Waals surface area contributed by atoms with E-state index in [0.717, 1.165) is 25.2 Å². The summed E-state index contributed by atoms with van der Waals surface area (Å²) in [6.07, 6.45) is -0.780. The van der Waals surface area contributed by atoms with Crippen molar-refractivity contribution in [1.29, 1.82) is 0 Å². The smallest absolute Gasteiger partial charge is 0.129 e. The van der Waals surface area contributed by atoms with E-state index in [0.29, 0.717) is 5.56 Å². The maximum absolute atomic E-state index is 13.8. The highest BCUT2D eigenvalue weighted by Gasteiger charge is 2.30. The van der Waals surface area contributed by atoms with Gasteiger partial charge in [0.25, 0.3) is 0 Å². The normalized spacial score (nSPS) is 24.2. The molecule has 1 saturated heterocycles. The van der Waals surface area contributed by atoms with Gasteiger partial charge < -0.3 is 10.0 Å². The highest BCUT2D eigenvalue weighted by atomic mass is 19.1. The van der Waals surface area contributed by atoms with E-state index in [1.165, 1.54) is 6.07 Å². The Morgan fingerprint density at radius 2 is 2.06 bits per heavy atom. The van der Waals surface area contributed by atoms with Gasteiger partial charge in [-0.25, -0.2) is 4.39 Å². The quantitative estimate of drug-likeness (QED) is 0.862. The van der Waals surface area contributed by atoms with Crippen molar-refractivity contribution in [3.05, 3.63) is 35.1 Å². The minimum Gasteiger partial charge on any atom is -0.387 e. The van der Waals surface area contributed by atoms with E-state index in [1.54, 1.807) is 12.1 Å². The van der Waals surface area contributed by atoms with Crippen molar-refractivity contribution >= 4 is 0 Å². The van der Waals surface area contributed by atoms with Crippen LogP contribution in [0.3, 0.4) is 0 Å². The van der Waals surface area contributed by atoms with Gasteiger partial charge in [-0.05, 0) is 27.1 Å². The van der Waals surface area contributed by atoms with Crippen LogP contribution in [0.15, 0.2) is 18.2 Å². The molecule has 0 amide bonds. The van der Waals surface area contributed by atoms with Gasteiger partial charge in [0.15, 0.2) is 0 Å². The van der Waals surface area contributed by atoms with Crippen LogP contribution in [-0.4, -0.2) is 54.7 Å². The molecule has 18 heavy (non-hydrogen) atoms. The van der Waals surface area contributed by atoms with Gasteiger partial charge in [-0.2, -0.15) is 0 Å². The molecule has 0 radical (unpaired) electrons. The molecule has 0 bridgehead atoms. The van der Waals surface area contributed by atoms with Crippen molar-refractivity contribution in [3.8, 4) is 0 Å². The standard InChI is InChI=1S/C14H21FN2O/c1-10-4-5-12(15)11(8-10)14(18)13-9-16(2)6-7-17(13)3/h4-5,8,13-14,18H,6-7,9H2,1-3H3. The third-order valence-electron chi connectivity index (χ3n) is 3.73. The Morgan fingerprint density at radius 1 is 1.33 bits per heavy atom. The number of rotatable bonds is 2. The second kappa shape index (κ2) is 5.34. The van der Waals surface area contributed by atoms with E-state index in [9.17, 15) is 9.50 Å². The predicted molar refractivity (Wildman–Crippen MR) is 70.0 cm³/mol. The van der Waals surface area contributed by atoms with Crippen molar-refractivity contribution < 1.29 is 9.50 Å². The number of aliphatic hydroxyl groups is 1. The molecule has 0 aromatic heterocycles. The molecular weight excluding hydrogens is 231 g/mol. The molecule has 3 nitrogen and oxygen atoms in total. The second-order valence-electron chi connectivity index (χ2n) is 5.28. The van der Waals surface area contributed by atoms with Gasteiger partial charge in [0, 0.05) is 25.2 Å². The molecule has 0 saturated carbocycles. The zero-order valence-electron chi connectivity index (χ0n) is 11.2. The first-order chi connectivity index (χ1) is 8.49. The zero-order chi connectivity index (χ0) is 13.3. The summed E-state index contributed by atoms with van der Waals surface area (Å²) in [6.45, 7) is 4.54. The second-order valence-corrected chi connectivity index (χ2v) is 5.28. The maximum atomic E-state index is 13.8. The molecule has 100 valence electrons. The molecule has 1 heterocycles. The first-order valence-electron chi connectivity index (χ1n) is 6.32. The van der Waals surface area contributed by atoms with Crippen LogP contribution < -0.4 is 0 Å². The third kappa shape index (κ3) is 2.71. The van der Waals surface area contributed by atoms with Crippen LogP contribution in [0.25, 0.3) is 0 Å². The van der Waals surface area contributed by atoms with Gasteiger partial charge in [-0.3, -0.25) is 4.90 Å². The summed E-state index contributed by atoms with van der Waals surface area (Å²) in [6, 6.07) is 4.84. The largest absolute Gasteiger partial charge is 0.387 e. The van der Waals surface area contributed by atoms with E-state index >= 15 is 0 Å². The Bertz CT molecular complexity index is 424. The van der Waals surface area contributed by atoms with Crippen LogP contribution in [-0.2, 0) is 0 Å². The molecule has 2 rings (SSSR count). The number of likely N-dealkylation sites (N-methyl/N-ethyl adjacent to an activating group) is 2. The lowest BCUT2D eigenvalue weighted by Crippen LogP contribution is -2.52. The molecule has 0 spiro atoms. The lowest BCUT2D eigenvalue weighted by molar-refractivity contribution is 0.0121. The molecule has 1 aliphatic rings. The van der Waals surface area contributed by atoms with E-state index in [2.05, 4.69) is 9.80 Å². The van der Waals surface area contributed by atoms with Gasteiger partial charge in [0.2, 0.25) is 0 Å². The van der Waals surface area contributed by atoms with E-state index in [1.807, 2.05) is 21.0 Å². The lowest BCUT2D eigenvalue weighted by atomic mass is 9.97. The average molecular weight is 252 g/mol. The highest BCUT2D eigenvalue weighted by Crippen LogP contribution is 2.26. The van der Waals surface area contributed by atoms with Gasteiger partial charge in [0.05, 0.1) is 12.1 Å². The molecule has 0 aliphatic carbocycles. The van der Waals surface area contributed by atoms with E-state index in [-0.39, 0.29) is 11.9 Å². The molecule has 1 aromatic carbocycles. The number of aryl methyl sites for hydroxylation is 1. The summed E-state index contributed by atoms with van der Waals surface area (Å²) in [5.74, 6) is -0.324. The summed E-state index contributed by atoms with van der Waals surface area (Å²) in [4.78, 5) is 4.27. The third-order valence-corrected chi connectivity index (χ3v) is 3.73. The van der Waals surface area contributed by atoms with Crippen molar-refractivity contribution in [2.75, 3.05) is 33.7 Å². The number of aliphatic hydroxyl groups excluding tert-OH is 1. The molecule has 2 unspecified atom stereocenters. The Morgan fingerprint density at radius 3 is 2.78 bits per heavy atom. The molecular formula is C14H21FN2O. The molecule has 1 N–H and O–H groups in total. The van der Waals surface area contributed by atoms with Gasteiger partial charge in [-0.1, -0.05) is 17.7 Å². The molecule has 1 aliphatic heterocycles. The number of hydrogen-bond acceptors (Lipinski definition) is 3. The van der Waals surface area contributed by atoms with Crippen LogP contribution in [0.1, 0.15) is 17.2 Å². The summed E-state index contributed by atoms with van der Waals surface area (Å²) in [7, 11) is 4.01. The Hall–Kier alpha value is -0.970. The van der Waals surface area contributed by atoms with Crippen molar-refractivity contribution in [3.63, 3.8) is 0 Å². The van der Waals surface area contributed by atoms with Crippen LogP contribution >= 0.6 is 0 Å². The van der Waals surface area contributed by atoms with Gasteiger partial charge in [0.1, 0.15) is 5.82 Å².